The van der Waals surface area contributed by atoms with E-state index in [-0.39, 0.29) is 0 Å². The molecular weight excluding hydrogens is 198 g/mol. The summed E-state index contributed by atoms with van der Waals surface area (Å²) >= 11 is 4.50. The third-order valence-corrected chi connectivity index (χ3v) is 1.74. The van der Waals surface area contributed by atoms with Gasteiger partial charge in [-0.1, -0.05) is 12.2 Å². The molecule has 0 aliphatic heterocycles. The number of nitrogens with one attached hydrogen (secondary N) is 1. The van der Waals surface area contributed by atoms with Gasteiger partial charge in [-0.05, 0) is 0 Å². The Balaban J connectivity index is 2.36. The van der Waals surface area contributed by atoms with Gasteiger partial charge >= 0.3 is 0 Å². The monoisotopic (exact) mass is 204 g/mol. The van der Waals surface area contributed by atoms with E-state index < -0.39 is 0 Å². The lowest BCUT2D eigenvalue weighted by Crippen LogP contribution is -2.11. The van der Waals surface area contributed by atoms with E-state index in [9.17, 15) is 0 Å². The van der Waals surface area contributed by atoms with Crippen molar-refractivity contribution in [2.45, 2.75) is 6.54 Å². The van der Waals surface area contributed by atoms with Gasteiger partial charge in [-0.3, -0.25) is 0 Å². The highest BCUT2D eigenvalue weighted by Crippen LogP contribution is 2.02. The van der Waals surface area contributed by atoms with E-state index in [4.69, 9.17) is 0 Å². The fourth-order valence-corrected chi connectivity index (χ4v) is 1.08. The van der Waals surface area contributed by atoms with Crippen LogP contribution < -0.4 is 5.32 Å². The summed E-state index contributed by atoms with van der Waals surface area (Å²) in [5.41, 5.74) is 3.65. The number of thiocarbonyl (C=S) groups is 1. The molecule has 0 aliphatic carbocycles. The zero-order valence-corrected chi connectivity index (χ0v) is 7.95. The average molecular weight is 204 g/mol. The molecule has 2 rings (SSSR count). The minimum Gasteiger partial charge on any atom is -0.367 e. The maximum absolute atomic E-state index is 4.50. The third kappa shape index (κ3) is 1.80. The van der Waals surface area contributed by atoms with Gasteiger partial charge in [0.25, 0.3) is 0 Å². The molecule has 0 saturated carbocycles. The van der Waals surface area contributed by atoms with E-state index in [1.54, 1.807) is 18.6 Å². The van der Waals surface area contributed by atoms with E-state index in [1.165, 1.54) is 0 Å². The molecule has 5 nitrogen and oxygen atoms in total. The lowest BCUT2D eigenvalue weighted by molar-refractivity contribution is 0.847. The lowest BCUT2D eigenvalue weighted by Gasteiger charge is -1.99. The van der Waals surface area contributed by atoms with Crippen molar-refractivity contribution in [1.29, 1.82) is 0 Å². The summed E-state index contributed by atoms with van der Waals surface area (Å²) in [4.78, 5) is 16.4. The molecule has 0 atom stereocenters. The zero-order valence-electron chi connectivity index (χ0n) is 7.14. The predicted octanol–water partition coefficient (Wildman–Crippen LogP) is 0.344. The molecule has 2 aromatic heterocycles. The Labute approximate surface area is 85.6 Å². The van der Waals surface area contributed by atoms with Gasteiger partial charge in [0, 0.05) is 12.4 Å². The molecule has 0 bridgehead atoms. The Morgan fingerprint density at radius 2 is 2.14 bits per heavy atom. The molecule has 0 unspecified atom stereocenters. The highest BCUT2D eigenvalue weighted by Gasteiger charge is 1.99. The summed E-state index contributed by atoms with van der Waals surface area (Å²) in [6.45, 7) is 0.454. The first-order valence-electron chi connectivity index (χ1n) is 3.93. The molecule has 1 radical (unpaired) electrons. The number of hydrogen-bond donors (Lipinski definition) is 1. The van der Waals surface area contributed by atoms with Gasteiger partial charge in [-0.15, -0.1) is 0 Å². The Kier molecular flexibility index (Phi) is 2.55. The minimum atomic E-state index is 0.454. The highest BCUT2D eigenvalue weighted by atomic mass is 32.1. The quantitative estimate of drug-likeness (QED) is 0.574. The van der Waals surface area contributed by atoms with Crippen LogP contribution in [0.5, 0.6) is 0 Å². The molecular formula is C8H6N5S. The fraction of sp³-hybridized carbons (Fsp3) is 0.125. The van der Waals surface area contributed by atoms with Gasteiger partial charge < -0.3 is 5.32 Å². The highest BCUT2D eigenvalue weighted by molar-refractivity contribution is 7.78. The molecule has 0 aliphatic rings. The van der Waals surface area contributed by atoms with Gasteiger partial charge in [-0.25, -0.2) is 19.9 Å². The van der Waals surface area contributed by atoms with E-state index in [0.29, 0.717) is 23.5 Å². The number of fused-ring (bicyclic) bond motifs is 1. The Morgan fingerprint density at radius 1 is 1.29 bits per heavy atom. The first-order valence-corrected chi connectivity index (χ1v) is 4.33. The third-order valence-electron chi connectivity index (χ3n) is 1.60. The molecule has 69 valence electrons. The summed E-state index contributed by atoms with van der Waals surface area (Å²) < 4.78 is 0. The normalized spacial score (nSPS) is 10.0. The van der Waals surface area contributed by atoms with Crippen molar-refractivity contribution < 1.29 is 0 Å². The molecule has 2 heterocycles. The summed E-state index contributed by atoms with van der Waals surface area (Å²) in [6, 6.07) is 0. The smallest absolute Gasteiger partial charge is 0.181 e. The molecule has 0 amide bonds. The van der Waals surface area contributed by atoms with Crippen molar-refractivity contribution >= 4 is 28.9 Å². The van der Waals surface area contributed by atoms with Crippen molar-refractivity contribution in [1.82, 2.24) is 25.3 Å². The van der Waals surface area contributed by atoms with Crippen LogP contribution in [0.1, 0.15) is 5.82 Å². The Bertz CT molecular complexity index is 458. The second kappa shape index (κ2) is 4.01. The summed E-state index contributed by atoms with van der Waals surface area (Å²) in [5, 5.41) is 2.72. The maximum atomic E-state index is 4.50. The van der Waals surface area contributed by atoms with Gasteiger partial charge in [0.05, 0.1) is 12.7 Å². The van der Waals surface area contributed by atoms with Gasteiger partial charge in [0.1, 0.15) is 16.8 Å². The van der Waals surface area contributed by atoms with Crippen molar-refractivity contribution in [2.75, 3.05) is 0 Å². The van der Waals surface area contributed by atoms with E-state index in [0.717, 1.165) is 0 Å². The molecule has 0 aromatic carbocycles. The topological polar surface area (TPSA) is 63.6 Å². The molecule has 6 heteroatoms. The van der Waals surface area contributed by atoms with Gasteiger partial charge in [-0.2, -0.15) is 0 Å². The largest absolute Gasteiger partial charge is 0.367 e. The fourth-order valence-electron chi connectivity index (χ4n) is 1.01. The predicted molar refractivity (Wildman–Crippen MR) is 54.6 cm³/mol. The van der Waals surface area contributed by atoms with E-state index >= 15 is 0 Å². The SMILES string of the molecule is S=[C]NCc1ncc2nccnc2n1. The Hall–Kier alpha value is -1.69. The first-order chi connectivity index (χ1) is 6.90. The van der Waals surface area contributed by atoms with Crippen LogP contribution in [0.15, 0.2) is 18.6 Å². The molecule has 1 N–H and O–H groups in total. The molecule has 2 aromatic rings. The summed E-state index contributed by atoms with van der Waals surface area (Å²) in [5.74, 6) is 0.621. The average Bonchev–Trinajstić information content (AvgIpc) is 2.26. The second-order valence-electron chi connectivity index (χ2n) is 2.51. The van der Waals surface area contributed by atoms with Crippen LogP contribution in [0.3, 0.4) is 0 Å². The lowest BCUT2D eigenvalue weighted by atomic mass is 10.5. The summed E-state index contributed by atoms with van der Waals surface area (Å²) in [6.07, 6.45) is 4.84. The van der Waals surface area contributed by atoms with E-state index in [2.05, 4.69) is 43.0 Å². The number of hydrogen-bond acceptors (Lipinski definition) is 5. The first kappa shape index (κ1) is 8.89. The molecule has 0 fully saturated rings. The van der Waals surface area contributed by atoms with Crippen LogP contribution in [-0.4, -0.2) is 25.4 Å². The van der Waals surface area contributed by atoms with Gasteiger partial charge in [0.15, 0.2) is 5.65 Å². The van der Waals surface area contributed by atoms with Crippen LogP contribution in [-0.2, 0) is 6.54 Å². The van der Waals surface area contributed by atoms with Crippen LogP contribution in [0.2, 0.25) is 0 Å². The van der Waals surface area contributed by atoms with Crippen molar-refractivity contribution in [3.05, 3.63) is 24.4 Å². The second-order valence-corrected chi connectivity index (χ2v) is 2.71. The van der Waals surface area contributed by atoms with E-state index in [1.807, 2.05) is 0 Å². The maximum Gasteiger partial charge on any atom is 0.181 e. The Morgan fingerprint density at radius 3 is 3.00 bits per heavy atom. The molecule has 0 saturated heterocycles. The van der Waals surface area contributed by atoms with Crippen LogP contribution in [0.25, 0.3) is 11.2 Å². The van der Waals surface area contributed by atoms with Crippen LogP contribution in [0.4, 0.5) is 0 Å². The standard InChI is InChI=1S/C8H6N5S/c14-5-9-4-7-12-3-6-8(13-7)11-2-1-10-6/h1-3H,4H2,(H,9,14). The molecule has 0 spiro atoms. The van der Waals surface area contributed by atoms with Crippen molar-refractivity contribution in [3.8, 4) is 0 Å². The van der Waals surface area contributed by atoms with Gasteiger partial charge in [0.2, 0.25) is 0 Å². The van der Waals surface area contributed by atoms with Crippen LogP contribution >= 0.6 is 12.2 Å². The molecule has 14 heavy (non-hydrogen) atoms. The van der Waals surface area contributed by atoms with Crippen molar-refractivity contribution in [2.24, 2.45) is 0 Å². The van der Waals surface area contributed by atoms with Crippen LogP contribution in [0, 0.1) is 0 Å². The minimum absolute atomic E-state index is 0.454. The number of aromatic nitrogens is 4. The zero-order chi connectivity index (χ0) is 9.80. The number of nitrogens with zero attached hydrogens (tertiary/aromatic N) is 4. The number of rotatable bonds is 3. The van der Waals surface area contributed by atoms with Crippen molar-refractivity contribution in [3.63, 3.8) is 0 Å². The summed E-state index contributed by atoms with van der Waals surface area (Å²) in [7, 11) is 0.